The van der Waals surface area contributed by atoms with Gasteiger partial charge in [0.2, 0.25) is 0 Å². The molecule has 21 heavy (non-hydrogen) atoms. The molecule has 0 aromatic heterocycles. The molecule has 0 heterocycles. The monoisotopic (exact) mass is 325 g/mol. The topological polar surface area (TPSA) is 74.7 Å². The lowest BCUT2D eigenvalue weighted by atomic mass is 10.1. The summed E-state index contributed by atoms with van der Waals surface area (Å²) < 4.78 is 61.8. The lowest BCUT2D eigenvalue weighted by molar-refractivity contribution is -0.137. The molecule has 0 spiro atoms. The van der Waals surface area contributed by atoms with Crippen molar-refractivity contribution in [3.8, 4) is 0 Å². The summed E-state index contributed by atoms with van der Waals surface area (Å²) in [7, 11) is -2.45. The Morgan fingerprint density at radius 3 is 2.33 bits per heavy atom. The highest BCUT2D eigenvalue weighted by Gasteiger charge is 2.35. The number of hydrogen-bond acceptors (Lipinski definition) is 4. The third-order valence-corrected chi connectivity index (χ3v) is 3.88. The van der Waals surface area contributed by atoms with Gasteiger partial charge in [-0.15, -0.1) is 0 Å². The van der Waals surface area contributed by atoms with E-state index in [0.29, 0.717) is 6.07 Å². The van der Waals surface area contributed by atoms with E-state index < -0.39 is 32.4 Å². The molecular formula is C12H14F3NO4S. The molecule has 0 aliphatic heterocycles. The van der Waals surface area contributed by atoms with Gasteiger partial charge in [-0.25, -0.2) is 8.42 Å². The van der Waals surface area contributed by atoms with E-state index >= 15 is 0 Å². The van der Waals surface area contributed by atoms with E-state index in [-0.39, 0.29) is 18.7 Å². The van der Waals surface area contributed by atoms with Gasteiger partial charge in [0.15, 0.2) is 9.84 Å². The van der Waals surface area contributed by atoms with Crippen molar-refractivity contribution >= 4 is 21.5 Å². The van der Waals surface area contributed by atoms with E-state index in [1.54, 1.807) is 0 Å². The van der Waals surface area contributed by atoms with Gasteiger partial charge in [0.25, 0.3) is 0 Å². The van der Waals surface area contributed by atoms with Crippen molar-refractivity contribution in [1.82, 2.24) is 0 Å². The molecule has 0 aliphatic rings. The van der Waals surface area contributed by atoms with E-state index in [2.05, 4.69) is 0 Å². The lowest BCUT2D eigenvalue weighted by Gasteiger charge is -2.23. The minimum absolute atomic E-state index is 0.128. The maximum atomic E-state index is 13.0. The molecule has 118 valence electrons. The SMILES string of the molecule is CN(CCC(=O)O)c1ccc(S(C)(=O)=O)cc1C(F)(F)F. The number of anilines is 1. The number of sulfone groups is 1. The first kappa shape index (κ1) is 17.3. The van der Waals surface area contributed by atoms with Crippen molar-refractivity contribution in [3.63, 3.8) is 0 Å². The summed E-state index contributed by atoms with van der Waals surface area (Å²) in [5.41, 5.74) is -1.38. The maximum Gasteiger partial charge on any atom is 0.418 e. The molecule has 0 saturated heterocycles. The number of nitrogens with zero attached hydrogens (tertiary/aromatic N) is 1. The molecule has 5 nitrogen and oxygen atoms in total. The molecule has 1 aromatic rings. The quantitative estimate of drug-likeness (QED) is 0.896. The van der Waals surface area contributed by atoms with Crippen LogP contribution in [0.15, 0.2) is 23.1 Å². The predicted molar refractivity (Wildman–Crippen MR) is 70.1 cm³/mol. The highest BCUT2D eigenvalue weighted by Crippen LogP contribution is 2.37. The molecule has 9 heteroatoms. The fraction of sp³-hybridized carbons (Fsp3) is 0.417. The van der Waals surface area contributed by atoms with Crippen LogP contribution in [-0.4, -0.2) is 39.3 Å². The van der Waals surface area contributed by atoms with Crippen molar-refractivity contribution in [2.45, 2.75) is 17.5 Å². The van der Waals surface area contributed by atoms with E-state index in [0.717, 1.165) is 23.3 Å². The van der Waals surface area contributed by atoms with Crippen LogP contribution in [-0.2, 0) is 20.8 Å². The fourth-order valence-corrected chi connectivity index (χ4v) is 2.34. The van der Waals surface area contributed by atoms with Crippen LogP contribution in [0.4, 0.5) is 18.9 Å². The number of carboxylic acid groups (broad SMARTS) is 1. The molecule has 0 atom stereocenters. The summed E-state index contributed by atoms with van der Waals surface area (Å²) in [4.78, 5) is 11.2. The van der Waals surface area contributed by atoms with E-state index in [1.807, 2.05) is 0 Å². The summed E-state index contributed by atoms with van der Waals surface area (Å²) in [6, 6.07) is 2.65. The van der Waals surface area contributed by atoms with Crippen molar-refractivity contribution in [2.24, 2.45) is 0 Å². The Morgan fingerprint density at radius 1 is 1.33 bits per heavy atom. The van der Waals surface area contributed by atoms with E-state index in [9.17, 15) is 26.4 Å². The Hall–Kier alpha value is -1.77. The number of carboxylic acids is 1. The fourth-order valence-electron chi connectivity index (χ4n) is 1.69. The summed E-state index contributed by atoms with van der Waals surface area (Å²) in [6.45, 7) is -0.128. The number of carbonyl (C=O) groups is 1. The number of aliphatic carboxylic acids is 1. The Morgan fingerprint density at radius 2 is 1.90 bits per heavy atom. The summed E-state index contributed by atoms with van der Waals surface area (Å²) in [5.74, 6) is -1.14. The molecule has 0 saturated carbocycles. The normalized spacial score (nSPS) is 12.2. The van der Waals surface area contributed by atoms with Gasteiger partial charge in [-0.3, -0.25) is 4.79 Å². The molecule has 0 amide bonds. The molecule has 1 rings (SSSR count). The number of alkyl halides is 3. The average molecular weight is 325 g/mol. The first-order valence-electron chi connectivity index (χ1n) is 5.77. The van der Waals surface area contributed by atoms with E-state index in [4.69, 9.17) is 5.11 Å². The van der Waals surface area contributed by atoms with Crippen LogP contribution < -0.4 is 4.90 Å². The minimum atomic E-state index is -4.74. The molecule has 1 N–H and O–H groups in total. The molecule has 1 aromatic carbocycles. The number of hydrogen-bond donors (Lipinski definition) is 1. The minimum Gasteiger partial charge on any atom is -0.481 e. The highest BCUT2D eigenvalue weighted by molar-refractivity contribution is 7.90. The van der Waals surface area contributed by atoms with Crippen LogP contribution in [0, 0.1) is 0 Å². The van der Waals surface area contributed by atoms with Crippen LogP contribution in [0.5, 0.6) is 0 Å². The van der Waals surface area contributed by atoms with Gasteiger partial charge < -0.3 is 10.0 Å². The second-order valence-corrected chi connectivity index (χ2v) is 6.53. The average Bonchev–Trinajstić information content (AvgIpc) is 2.33. The standard InChI is InChI=1S/C12H14F3NO4S/c1-16(6-5-11(17)18)10-4-3-8(21(2,19)20)7-9(10)12(13,14)15/h3-4,7H,5-6H2,1-2H3,(H,17,18). The molecular weight excluding hydrogens is 311 g/mol. The zero-order valence-corrected chi connectivity index (χ0v) is 12.1. The Bertz CT molecular complexity index is 640. The Kier molecular flexibility index (Phi) is 4.87. The third-order valence-electron chi connectivity index (χ3n) is 2.77. The van der Waals surface area contributed by atoms with E-state index in [1.165, 1.54) is 7.05 Å². The first-order chi connectivity index (χ1) is 9.43. The molecule has 0 bridgehead atoms. The zero-order valence-electron chi connectivity index (χ0n) is 11.3. The predicted octanol–water partition coefficient (Wildman–Crippen LogP) is 2.02. The molecule has 0 aliphatic carbocycles. The summed E-state index contributed by atoms with van der Waals surface area (Å²) in [5, 5.41) is 8.56. The lowest BCUT2D eigenvalue weighted by Crippen LogP contribution is -2.24. The Labute approximate surface area is 119 Å². The van der Waals surface area contributed by atoms with Gasteiger partial charge in [0.1, 0.15) is 0 Å². The van der Waals surface area contributed by atoms with Crippen LogP contribution >= 0.6 is 0 Å². The van der Waals surface area contributed by atoms with Crippen LogP contribution in [0.25, 0.3) is 0 Å². The molecule has 0 fully saturated rings. The molecule has 0 radical (unpaired) electrons. The third kappa shape index (κ3) is 4.62. The van der Waals surface area contributed by atoms with Gasteiger partial charge in [-0.05, 0) is 18.2 Å². The number of benzene rings is 1. The maximum absolute atomic E-state index is 13.0. The van der Waals surface area contributed by atoms with Crippen LogP contribution in [0.3, 0.4) is 0 Å². The van der Waals surface area contributed by atoms with Gasteiger partial charge >= 0.3 is 12.1 Å². The number of rotatable bonds is 5. The van der Waals surface area contributed by atoms with Crippen molar-refractivity contribution < 1.29 is 31.5 Å². The second kappa shape index (κ2) is 5.92. The van der Waals surface area contributed by atoms with Gasteiger partial charge in [0, 0.05) is 25.5 Å². The van der Waals surface area contributed by atoms with Gasteiger partial charge in [-0.2, -0.15) is 13.2 Å². The van der Waals surface area contributed by atoms with Crippen molar-refractivity contribution in [3.05, 3.63) is 23.8 Å². The first-order valence-corrected chi connectivity index (χ1v) is 7.66. The smallest absolute Gasteiger partial charge is 0.418 e. The largest absolute Gasteiger partial charge is 0.481 e. The second-order valence-electron chi connectivity index (χ2n) is 4.51. The van der Waals surface area contributed by atoms with Crippen LogP contribution in [0.2, 0.25) is 0 Å². The summed E-state index contributed by atoms with van der Waals surface area (Å²) >= 11 is 0. The van der Waals surface area contributed by atoms with Crippen molar-refractivity contribution in [1.29, 1.82) is 0 Å². The molecule has 0 unspecified atom stereocenters. The zero-order chi connectivity index (χ0) is 16.4. The highest BCUT2D eigenvalue weighted by atomic mass is 32.2. The number of halogens is 3. The van der Waals surface area contributed by atoms with Gasteiger partial charge in [0.05, 0.1) is 16.9 Å². The van der Waals surface area contributed by atoms with Crippen LogP contribution in [0.1, 0.15) is 12.0 Å². The summed E-state index contributed by atoms with van der Waals surface area (Å²) in [6.07, 6.45) is -4.26. The van der Waals surface area contributed by atoms with Crippen molar-refractivity contribution in [2.75, 3.05) is 24.7 Å². The van der Waals surface area contributed by atoms with Gasteiger partial charge in [-0.1, -0.05) is 0 Å². The Balaban J connectivity index is 3.29.